The van der Waals surface area contributed by atoms with Gasteiger partial charge in [0.2, 0.25) is 5.88 Å². The van der Waals surface area contributed by atoms with Crippen LogP contribution in [0.4, 0.5) is 22.0 Å². The summed E-state index contributed by atoms with van der Waals surface area (Å²) in [7, 11) is 0. The Labute approximate surface area is 198 Å². The smallest absolute Gasteiger partial charge is 0.416 e. The third-order valence-corrected chi connectivity index (χ3v) is 4.72. The first-order valence-electron chi connectivity index (χ1n) is 10.6. The Hall–Kier alpha value is -2.59. The topological polar surface area (TPSA) is 50.3 Å². The van der Waals surface area contributed by atoms with Gasteiger partial charge in [0.25, 0.3) is 5.92 Å². The molecule has 0 spiro atoms. The maximum atomic E-state index is 13.8. The molecule has 1 fully saturated rings. The number of halogens is 5. The van der Waals surface area contributed by atoms with E-state index in [-0.39, 0.29) is 25.6 Å². The molecular formula is C24H33F5N4O. The molecule has 0 aliphatic carbocycles. The normalized spacial score (nSPS) is 18.5. The Balaban J connectivity index is 0.00000188. The van der Waals surface area contributed by atoms with Gasteiger partial charge in [0.05, 0.1) is 11.6 Å². The van der Waals surface area contributed by atoms with Crippen molar-refractivity contribution in [2.24, 2.45) is 0 Å². The van der Waals surface area contributed by atoms with Crippen LogP contribution >= 0.6 is 0 Å². The first-order chi connectivity index (χ1) is 15.3. The van der Waals surface area contributed by atoms with Gasteiger partial charge in [-0.15, -0.1) is 0 Å². The molecule has 0 amide bonds. The Bertz CT molecular complexity index is 942. The summed E-state index contributed by atoms with van der Waals surface area (Å²) in [6.45, 7) is 12.4. The minimum atomic E-state index is -4.44. The van der Waals surface area contributed by atoms with E-state index in [9.17, 15) is 22.0 Å². The van der Waals surface area contributed by atoms with Gasteiger partial charge in [-0.1, -0.05) is 45.6 Å². The standard InChI is InChI=1S/C21H23F5N4O.C2H6.CH4/c1-12(2)11-30-18(10-16(29-30)20(4,22)23)31-17-9-13(3)27-19(28-17)14-5-7-15(8-6-14)21(24,25)26;1-2;/h5-9,16,18,29H,1,10-11H2,2-4H3;1-2H3;1H4. The molecule has 1 aliphatic heterocycles. The Kier molecular flexibility index (Phi) is 10.1. The van der Waals surface area contributed by atoms with E-state index in [0.29, 0.717) is 17.8 Å². The molecule has 34 heavy (non-hydrogen) atoms. The van der Waals surface area contributed by atoms with E-state index in [1.54, 1.807) is 24.9 Å². The third kappa shape index (κ3) is 7.73. The van der Waals surface area contributed by atoms with Gasteiger partial charge < -0.3 is 4.74 Å². The van der Waals surface area contributed by atoms with Gasteiger partial charge in [0, 0.05) is 37.2 Å². The van der Waals surface area contributed by atoms with E-state index in [0.717, 1.165) is 24.6 Å². The number of alkyl halides is 5. The van der Waals surface area contributed by atoms with Gasteiger partial charge in [-0.3, -0.25) is 0 Å². The number of ether oxygens (including phenoxy) is 1. The first-order valence-corrected chi connectivity index (χ1v) is 10.6. The zero-order chi connectivity index (χ0) is 25.0. The second kappa shape index (κ2) is 11.7. The van der Waals surface area contributed by atoms with Crippen LogP contribution in [0.25, 0.3) is 11.4 Å². The number of hydrogen-bond donors (Lipinski definition) is 1. The molecule has 2 aromatic rings. The summed E-state index contributed by atoms with van der Waals surface area (Å²) < 4.78 is 72.0. The highest BCUT2D eigenvalue weighted by Gasteiger charge is 2.44. The molecular weight excluding hydrogens is 455 g/mol. The van der Waals surface area contributed by atoms with Crippen LogP contribution in [0.5, 0.6) is 5.88 Å². The van der Waals surface area contributed by atoms with Crippen molar-refractivity contribution in [3.05, 3.63) is 53.7 Å². The number of nitrogens with zero attached hydrogens (tertiary/aromatic N) is 3. The van der Waals surface area contributed by atoms with Crippen LogP contribution in [0.3, 0.4) is 0 Å². The summed E-state index contributed by atoms with van der Waals surface area (Å²) in [4.78, 5) is 8.54. The lowest BCUT2D eigenvalue weighted by Crippen LogP contribution is -2.46. The molecule has 1 aromatic heterocycles. The van der Waals surface area contributed by atoms with Crippen molar-refractivity contribution in [2.75, 3.05) is 6.54 Å². The molecule has 1 N–H and O–H groups in total. The minimum absolute atomic E-state index is 0. The first kappa shape index (κ1) is 29.4. The van der Waals surface area contributed by atoms with E-state index < -0.39 is 29.9 Å². The number of hydrogen-bond acceptors (Lipinski definition) is 5. The quantitative estimate of drug-likeness (QED) is 0.365. The largest absolute Gasteiger partial charge is 0.457 e. The Morgan fingerprint density at radius 1 is 1.15 bits per heavy atom. The van der Waals surface area contributed by atoms with Crippen LogP contribution in [0.1, 0.15) is 52.8 Å². The molecule has 2 atom stereocenters. The molecule has 0 bridgehead atoms. The number of benzene rings is 1. The lowest BCUT2D eigenvalue weighted by molar-refractivity contribution is -0.137. The zero-order valence-electron chi connectivity index (χ0n) is 19.3. The molecule has 2 heterocycles. The van der Waals surface area contributed by atoms with Crippen molar-refractivity contribution >= 4 is 0 Å². The van der Waals surface area contributed by atoms with Crippen molar-refractivity contribution in [1.29, 1.82) is 0 Å². The van der Waals surface area contributed by atoms with E-state index in [1.165, 1.54) is 12.1 Å². The molecule has 10 heteroatoms. The van der Waals surface area contributed by atoms with Gasteiger partial charge in [0.15, 0.2) is 12.1 Å². The zero-order valence-corrected chi connectivity index (χ0v) is 19.3. The predicted molar refractivity (Wildman–Crippen MR) is 123 cm³/mol. The Morgan fingerprint density at radius 3 is 2.24 bits per heavy atom. The molecule has 0 saturated carbocycles. The highest BCUT2D eigenvalue weighted by Crippen LogP contribution is 2.32. The monoisotopic (exact) mass is 488 g/mol. The van der Waals surface area contributed by atoms with Crippen LogP contribution in [0.15, 0.2) is 42.5 Å². The molecule has 1 saturated heterocycles. The van der Waals surface area contributed by atoms with Crippen LogP contribution < -0.4 is 10.2 Å². The molecule has 3 rings (SSSR count). The average molecular weight is 489 g/mol. The second-order valence-electron chi connectivity index (χ2n) is 7.78. The summed E-state index contributed by atoms with van der Waals surface area (Å²) in [5.74, 6) is -2.64. The van der Waals surface area contributed by atoms with Gasteiger partial charge in [0.1, 0.15) is 0 Å². The number of aromatic nitrogens is 2. The highest BCUT2D eigenvalue weighted by atomic mass is 19.4. The van der Waals surface area contributed by atoms with E-state index in [1.807, 2.05) is 13.8 Å². The fraction of sp³-hybridized carbons (Fsp3) is 0.500. The predicted octanol–water partition coefficient (Wildman–Crippen LogP) is 6.65. The summed E-state index contributed by atoms with van der Waals surface area (Å²) in [5, 5.41) is 1.54. The van der Waals surface area contributed by atoms with Crippen molar-refractivity contribution < 1.29 is 26.7 Å². The molecule has 5 nitrogen and oxygen atoms in total. The lowest BCUT2D eigenvalue weighted by Gasteiger charge is -2.25. The van der Waals surface area contributed by atoms with Gasteiger partial charge in [-0.05, 0) is 26.0 Å². The van der Waals surface area contributed by atoms with Crippen LogP contribution in [0, 0.1) is 6.92 Å². The van der Waals surface area contributed by atoms with Crippen molar-refractivity contribution in [1.82, 2.24) is 20.4 Å². The van der Waals surface area contributed by atoms with Gasteiger partial charge >= 0.3 is 6.18 Å². The number of nitrogens with one attached hydrogen (secondary N) is 1. The Morgan fingerprint density at radius 2 is 1.74 bits per heavy atom. The number of hydrazine groups is 1. The van der Waals surface area contributed by atoms with Crippen LogP contribution in [0.2, 0.25) is 0 Å². The molecule has 1 aromatic carbocycles. The van der Waals surface area contributed by atoms with Gasteiger partial charge in [-0.2, -0.15) is 18.2 Å². The highest BCUT2D eigenvalue weighted by molar-refractivity contribution is 5.56. The average Bonchev–Trinajstić information content (AvgIpc) is 3.10. The van der Waals surface area contributed by atoms with Crippen molar-refractivity contribution in [2.45, 2.75) is 72.8 Å². The van der Waals surface area contributed by atoms with E-state index >= 15 is 0 Å². The summed E-state index contributed by atoms with van der Waals surface area (Å²) in [6.07, 6.45) is -5.17. The van der Waals surface area contributed by atoms with Crippen molar-refractivity contribution in [3.63, 3.8) is 0 Å². The number of aryl methyl sites for hydroxylation is 1. The van der Waals surface area contributed by atoms with Gasteiger partial charge in [-0.25, -0.2) is 24.2 Å². The molecule has 2 unspecified atom stereocenters. The molecule has 1 aliphatic rings. The summed E-state index contributed by atoms with van der Waals surface area (Å²) >= 11 is 0. The summed E-state index contributed by atoms with van der Waals surface area (Å²) in [5.41, 5.74) is 3.64. The van der Waals surface area contributed by atoms with Crippen molar-refractivity contribution in [3.8, 4) is 17.3 Å². The molecule has 190 valence electrons. The fourth-order valence-corrected chi connectivity index (χ4v) is 3.21. The van der Waals surface area contributed by atoms with E-state index in [4.69, 9.17) is 4.74 Å². The molecule has 0 radical (unpaired) electrons. The summed E-state index contributed by atoms with van der Waals surface area (Å²) in [6, 6.07) is 4.88. The SMILES string of the molecule is C.C=C(C)CN1NC(C(C)(F)F)CC1Oc1cc(C)nc(-c2ccc(C(F)(F)F)cc2)n1.CC. The van der Waals surface area contributed by atoms with Crippen LogP contribution in [-0.4, -0.2) is 39.7 Å². The van der Waals surface area contributed by atoms with E-state index in [2.05, 4.69) is 22.0 Å². The van der Waals surface area contributed by atoms with Crippen LogP contribution in [-0.2, 0) is 6.18 Å². The third-order valence-electron chi connectivity index (χ3n) is 4.72. The number of rotatable bonds is 6. The minimum Gasteiger partial charge on any atom is -0.457 e. The maximum Gasteiger partial charge on any atom is 0.416 e. The lowest BCUT2D eigenvalue weighted by atomic mass is 10.1. The fourth-order valence-electron chi connectivity index (χ4n) is 3.21. The second-order valence-corrected chi connectivity index (χ2v) is 7.78. The maximum absolute atomic E-state index is 13.8.